The lowest BCUT2D eigenvalue weighted by atomic mass is 10.1. The molecule has 0 bridgehead atoms. The van der Waals surface area contributed by atoms with Crippen LogP contribution in [0.2, 0.25) is 0 Å². The summed E-state index contributed by atoms with van der Waals surface area (Å²) in [5.41, 5.74) is 0.720. The van der Waals surface area contributed by atoms with Gasteiger partial charge in [0.05, 0.1) is 0 Å². The van der Waals surface area contributed by atoms with Crippen LogP contribution in [0.25, 0.3) is 0 Å². The summed E-state index contributed by atoms with van der Waals surface area (Å²) in [6, 6.07) is 6.81. The average Bonchev–Trinajstić information content (AvgIpc) is 2.19. The van der Waals surface area contributed by atoms with Crippen LogP contribution >= 0.6 is 0 Å². The molecule has 0 aromatic heterocycles. The van der Waals surface area contributed by atoms with Gasteiger partial charge in [-0.3, -0.25) is 9.59 Å². The molecule has 0 saturated carbocycles. The number of benzene rings is 1. The van der Waals surface area contributed by atoms with Gasteiger partial charge in [0.2, 0.25) is 5.91 Å². The molecule has 86 valence electrons. The molecule has 3 N–H and O–H groups in total. The predicted molar refractivity (Wildman–Crippen MR) is 57.1 cm³/mol. The molecule has 0 aliphatic carbocycles. The van der Waals surface area contributed by atoms with E-state index in [1.807, 2.05) is 0 Å². The SMILES string of the molecule is O=C(O)CC(=O)NCCc1ccccc1O. The van der Waals surface area contributed by atoms with E-state index < -0.39 is 18.3 Å². The quantitative estimate of drug-likeness (QED) is 0.635. The number of rotatable bonds is 5. The van der Waals surface area contributed by atoms with Gasteiger partial charge in [-0.05, 0) is 18.1 Å². The van der Waals surface area contributed by atoms with E-state index in [1.165, 1.54) is 0 Å². The standard InChI is InChI=1S/C11H13NO4/c13-9-4-2-1-3-8(9)5-6-12-10(14)7-11(15)16/h1-4,13H,5-7H2,(H,12,14)(H,15,16). The predicted octanol–water partition coefficient (Wildman–Crippen LogP) is 0.526. The summed E-state index contributed by atoms with van der Waals surface area (Å²) < 4.78 is 0. The summed E-state index contributed by atoms with van der Waals surface area (Å²) in [5.74, 6) is -1.50. The maximum absolute atomic E-state index is 11.0. The first-order valence-electron chi connectivity index (χ1n) is 4.85. The summed E-state index contributed by atoms with van der Waals surface area (Å²) in [4.78, 5) is 21.2. The van der Waals surface area contributed by atoms with E-state index in [2.05, 4.69) is 5.32 Å². The molecule has 0 atom stereocenters. The molecule has 0 saturated heterocycles. The number of phenols is 1. The lowest BCUT2D eigenvalue weighted by molar-refractivity contribution is -0.140. The Morgan fingerprint density at radius 1 is 1.25 bits per heavy atom. The lowest BCUT2D eigenvalue weighted by Gasteiger charge is -2.05. The fraction of sp³-hybridized carbons (Fsp3) is 0.273. The molecule has 0 unspecified atom stereocenters. The Morgan fingerprint density at radius 3 is 2.56 bits per heavy atom. The van der Waals surface area contributed by atoms with Gasteiger partial charge < -0.3 is 15.5 Å². The van der Waals surface area contributed by atoms with Crippen molar-refractivity contribution in [2.75, 3.05) is 6.54 Å². The van der Waals surface area contributed by atoms with Crippen LogP contribution in [0.5, 0.6) is 5.75 Å². The Labute approximate surface area is 92.7 Å². The summed E-state index contributed by atoms with van der Waals surface area (Å²) in [6.45, 7) is 0.309. The van der Waals surface area contributed by atoms with E-state index >= 15 is 0 Å². The molecule has 1 aromatic carbocycles. The Balaban J connectivity index is 2.33. The molecule has 0 aliphatic heterocycles. The van der Waals surface area contributed by atoms with Gasteiger partial charge in [-0.15, -0.1) is 0 Å². The number of carboxylic acid groups (broad SMARTS) is 1. The Morgan fingerprint density at radius 2 is 1.94 bits per heavy atom. The number of nitrogens with one attached hydrogen (secondary N) is 1. The van der Waals surface area contributed by atoms with Crippen molar-refractivity contribution >= 4 is 11.9 Å². The molecule has 0 spiro atoms. The van der Waals surface area contributed by atoms with Crippen molar-refractivity contribution in [3.8, 4) is 5.75 Å². The van der Waals surface area contributed by atoms with Crippen LogP contribution in [0, 0.1) is 0 Å². The minimum absolute atomic E-state index is 0.176. The number of amides is 1. The Hall–Kier alpha value is -2.04. The van der Waals surface area contributed by atoms with E-state index in [0.29, 0.717) is 13.0 Å². The molecular formula is C11H13NO4. The van der Waals surface area contributed by atoms with Crippen LogP contribution in [-0.4, -0.2) is 28.6 Å². The van der Waals surface area contributed by atoms with Crippen LogP contribution in [0.1, 0.15) is 12.0 Å². The van der Waals surface area contributed by atoms with Crippen LogP contribution in [-0.2, 0) is 16.0 Å². The van der Waals surface area contributed by atoms with Crippen LogP contribution < -0.4 is 5.32 Å². The number of hydrogen-bond donors (Lipinski definition) is 3. The van der Waals surface area contributed by atoms with Gasteiger partial charge in [-0.2, -0.15) is 0 Å². The van der Waals surface area contributed by atoms with Crippen molar-refractivity contribution in [3.63, 3.8) is 0 Å². The highest BCUT2D eigenvalue weighted by Crippen LogP contribution is 2.15. The summed E-state index contributed by atoms with van der Waals surface area (Å²) in [7, 11) is 0. The largest absolute Gasteiger partial charge is 0.508 e. The number of phenolic OH excluding ortho intramolecular Hbond substituents is 1. The van der Waals surface area contributed by atoms with Crippen molar-refractivity contribution in [1.82, 2.24) is 5.32 Å². The fourth-order valence-corrected chi connectivity index (χ4v) is 1.26. The summed E-state index contributed by atoms with van der Waals surface area (Å²) >= 11 is 0. The summed E-state index contributed by atoms with van der Waals surface area (Å²) in [6.07, 6.45) is -0.0567. The molecule has 16 heavy (non-hydrogen) atoms. The normalized spacial score (nSPS) is 9.75. The topological polar surface area (TPSA) is 86.6 Å². The maximum Gasteiger partial charge on any atom is 0.312 e. The number of hydrogen-bond acceptors (Lipinski definition) is 3. The third-order valence-electron chi connectivity index (χ3n) is 2.02. The van der Waals surface area contributed by atoms with Gasteiger partial charge in [0.25, 0.3) is 0 Å². The second-order valence-electron chi connectivity index (χ2n) is 3.30. The van der Waals surface area contributed by atoms with E-state index in [-0.39, 0.29) is 5.75 Å². The Kier molecular flexibility index (Phi) is 4.32. The van der Waals surface area contributed by atoms with Crippen LogP contribution in [0.4, 0.5) is 0 Å². The van der Waals surface area contributed by atoms with Gasteiger partial charge in [0.15, 0.2) is 0 Å². The third kappa shape index (κ3) is 4.00. The molecule has 1 rings (SSSR count). The van der Waals surface area contributed by atoms with Gasteiger partial charge in [0.1, 0.15) is 12.2 Å². The zero-order valence-corrected chi connectivity index (χ0v) is 8.64. The average molecular weight is 223 g/mol. The molecule has 0 radical (unpaired) electrons. The number of aromatic hydroxyl groups is 1. The molecule has 1 amide bonds. The minimum Gasteiger partial charge on any atom is -0.508 e. The second-order valence-corrected chi connectivity index (χ2v) is 3.30. The highest BCUT2D eigenvalue weighted by molar-refractivity contribution is 5.93. The number of carbonyl (C=O) groups is 2. The van der Waals surface area contributed by atoms with E-state index in [1.54, 1.807) is 24.3 Å². The zero-order chi connectivity index (χ0) is 12.0. The number of para-hydroxylation sites is 1. The Bertz CT molecular complexity index is 389. The highest BCUT2D eigenvalue weighted by atomic mass is 16.4. The van der Waals surface area contributed by atoms with Crippen LogP contribution in [0.3, 0.4) is 0 Å². The fourth-order valence-electron chi connectivity index (χ4n) is 1.26. The van der Waals surface area contributed by atoms with Gasteiger partial charge in [-0.25, -0.2) is 0 Å². The highest BCUT2D eigenvalue weighted by Gasteiger charge is 2.06. The van der Waals surface area contributed by atoms with E-state index in [9.17, 15) is 14.7 Å². The molecule has 0 fully saturated rings. The molecule has 0 aliphatic rings. The van der Waals surface area contributed by atoms with Crippen LogP contribution in [0.15, 0.2) is 24.3 Å². The van der Waals surface area contributed by atoms with E-state index in [4.69, 9.17) is 5.11 Å². The van der Waals surface area contributed by atoms with Crippen molar-refractivity contribution in [2.24, 2.45) is 0 Å². The van der Waals surface area contributed by atoms with Crippen molar-refractivity contribution in [2.45, 2.75) is 12.8 Å². The zero-order valence-electron chi connectivity index (χ0n) is 8.64. The summed E-state index contributed by atoms with van der Waals surface area (Å²) in [5, 5.41) is 20.2. The first kappa shape index (κ1) is 12.0. The van der Waals surface area contributed by atoms with E-state index in [0.717, 1.165) is 5.56 Å². The molecule has 5 heteroatoms. The smallest absolute Gasteiger partial charge is 0.312 e. The maximum atomic E-state index is 11.0. The molecule has 1 aromatic rings. The van der Waals surface area contributed by atoms with Crippen molar-refractivity contribution in [3.05, 3.63) is 29.8 Å². The van der Waals surface area contributed by atoms with Crippen molar-refractivity contribution in [1.29, 1.82) is 0 Å². The third-order valence-corrected chi connectivity index (χ3v) is 2.02. The number of carboxylic acids is 1. The first-order chi connectivity index (χ1) is 7.59. The monoisotopic (exact) mass is 223 g/mol. The number of aliphatic carboxylic acids is 1. The van der Waals surface area contributed by atoms with Gasteiger partial charge in [-0.1, -0.05) is 18.2 Å². The minimum atomic E-state index is -1.15. The number of carbonyl (C=O) groups excluding carboxylic acids is 1. The molecule has 0 heterocycles. The molecule has 5 nitrogen and oxygen atoms in total. The van der Waals surface area contributed by atoms with Gasteiger partial charge >= 0.3 is 5.97 Å². The second kappa shape index (κ2) is 5.75. The lowest BCUT2D eigenvalue weighted by Crippen LogP contribution is -2.27. The van der Waals surface area contributed by atoms with Gasteiger partial charge in [0, 0.05) is 6.54 Å². The first-order valence-corrected chi connectivity index (χ1v) is 4.85. The van der Waals surface area contributed by atoms with Crippen molar-refractivity contribution < 1.29 is 19.8 Å². The molecular weight excluding hydrogens is 210 g/mol.